The zero-order valence-corrected chi connectivity index (χ0v) is 21.0. The van der Waals surface area contributed by atoms with E-state index in [1.807, 2.05) is 32.9 Å². The average molecular weight is 494 g/mol. The standard InChI is InChI=1S/C27H28ClN3O4/c1-5-20-16-30(23-14-17(3)18(4)15-24(23)31(20)27(33)34-6-2)26(32)22-8-7-13-29-25(22)35-21-11-9-19(28)10-12-21/h7-15,20H,5-6,16H2,1-4H3. The van der Waals surface area contributed by atoms with Crippen LogP contribution in [0.15, 0.2) is 54.7 Å². The number of anilines is 2. The van der Waals surface area contributed by atoms with E-state index in [0.29, 0.717) is 40.7 Å². The molecule has 0 fully saturated rings. The van der Waals surface area contributed by atoms with Crippen molar-refractivity contribution < 1.29 is 19.1 Å². The van der Waals surface area contributed by atoms with Crippen molar-refractivity contribution in [1.29, 1.82) is 0 Å². The highest BCUT2D eigenvalue weighted by molar-refractivity contribution is 6.30. The van der Waals surface area contributed by atoms with Gasteiger partial charge in [0.15, 0.2) is 0 Å². The Balaban J connectivity index is 1.77. The normalized spacial score (nSPS) is 14.9. The number of hydrogen-bond donors (Lipinski definition) is 0. The van der Waals surface area contributed by atoms with Crippen LogP contribution in [0.3, 0.4) is 0 Å². The fourth-order valence-corrected chi connectivity index (χ4v) is 4.25. The molecule has 1 aliphatic rings. The molecule has 0 N–H and O–H groups in total. The summed E-state index contributed by atoms with van der Waals surface area (Å²) in [5.41, 5.74) is 3.67. The van der Waals surface area contributed by atoms with Crippen molar-refractivity contribution in [3.05, 3.63) is 76.4 Å². The summed E-state index contributed by atoms with van der Waals surface area (Å²) in [6.45, 7) is 8.34. The predicted molar refractivity (Wildman–Crippen MR) is 137 cm³/mol. The summed E-state index contributed by atoms with van der Waals surface area (Å²) in [7, 11) is 0. The fraction of sp³-hybridized carbons (Fsp3) is 0.296. The third-order valence-corrected chi connectivity index (χ3v) is 6.36. The van der Waals surface area contributed by atoms with Crippen LogP contribution in [0.25, 0.3) is 0 Å². The van der Waals surface area contributed by atoms with Crippen LogP contribution < -0.4 is 14.5 Å². The topological polar surface area (TPSA) is 72.0 Å². The summed E-state index contributed by atoms with van der Waals surface area (Å²) in [6.07, 6.45) is 1.82. The maximum absolute atomic E-state index is 13.9. The smallest absolute Gasteiger partial charge is 0.414 e. The summed E-state index contributed by atoms with van der Waals surface area (Å²) < 4.78 is 11.3. The van der Waals surface area contributed by atoms with Gasteiger partial charge in [-0.25, -0.2) is 9.78 Å². The number of carbonyl (C=O) groups is 2. The molecule has 1 atom stereocenters. The second-order valence-electron chi connectivity index (χ2n) is 8.38. The van der Waals surface area contributed by atoms with Gasteiger partial charge in [0, 0.05) is 17.8 Å². The first-order valence-corrected chi connectivity index (χ1v) is 12.0. The highest BCUT2D eigenvalue weighted by atomic mass is 35.5. The van der Waals surface area contributed by atoms with Gasteiger partial charge in [-0.15, -0.1) is 0 Å². The molecular formula is C27H28ClN3O4. The monoisotopic (exact) mass is 493 g/mol. The number of ether oxygens (including phenoxy) is 2. The first-order chi connectivity index (χ1) is 16.8. The van der Waals surface area contributed by atoms with Gasteiger partial charge in [-0.3, -0.25) is 9.69 Å². The minimum atomic E-state index is -0.413. The molecule has 1 unspecified atom stereocenters. The number of carbonyl (C=O) groups excluding carboxylic acids is 2. The van der Waals surface area contributed by atoms with Crippen molar-refractivity contribution in [1.82, 2.24) is 4.98 Å². The third-order valence-electron chi connectivity index (χ3n) is 6.11. The number of rotatable bonds is 5. The summed E-state index contributed by atoms with van der Waals surface area (Å²) in [5.74, 6) is 0.465. The largest absolute Gasteiger partial charge is 0.449 e. The Hall–Kier alpha value is -3.58. The van der Waals surface area contributed by atoms with Gasteiger partial charge >= 0.3 is 6.09 Å². The molecule has 4 rings (SSSR count). The Morgan fingerprint density at radius 2 is 1.74 bits per heavy atom. The van der Waals surface area contributed by atoms with Crippen LogP contribution in [-0.4, -0.2) is 36.2 Å². The van der Waals surface area contributed by atoms with Gasteiger partial charge in [0.2, 0.25) is 5.88 Å². The number of halogens is 1. The minimum absolute atomic E-state index is 0.200. The van der Waals surface area contributed by atoms with Crippen molar-refractivity contribution in [2.75, 3.05) is 23.0 Å². The summed E-state index contributed by atoms with van der Waals surface area (Å²) in [4.78, 5) is 34.5. The SMILES string of the molecule is CCOC(=O)N1c2cc(C)c(C)cc2N(C(=O)c2cccnc2Oc2ccc(Cl)cc2)CC1CC. The molecule has 35 heavy (non-hydrogen) atoms. The van der Waals surface area contributed by atoms with Crippen molar-refractivity contribution in [3.63, 3.8) is 0 Å². The van der Waals surface area contributed by atoms with E-state index in [0.717, 1.165) is 11.1 Å². The van der Waals surface area contributed by atoms with Crippen LogP contribution in [0.1, 0.15) is 41.8 Å². The molecule has 8 heteroatoms. The van der Waals surface area contributed by atoms with E-state index < -0.39 is 6.09 Å². The Bertz CT molecular complexity index is 1250. The molecule has 0 spiro atoms. The maximum atomic E-state index is 13.9. The molecule has 7 nitrogen and oxygen atoms in total. The van der Waals surface area contributed by atoms with E-state index in [2.05, 4.69) is 4.98 Å². The number of pyridine rings is 1. The predicted octanol–water partition coefficient (Wildman–Crippen LogP) is 6.55. The van der Waals surface area contributed by atoms with Crippen molar-refractivity contribution in [2.45, 2.75) is 40.2 Å². The van der Waals surface area contributed by atoms with Crippen LogP contribution in [-0.2, 0) is 4.74 Å². The number of fused-ring (bicyclic) bond motifs is 1. The highest BCUT2D eigenvalue weighted by Crippen LogP contribution is 2.40. The molecule has 182 valence electrons. The lowest BCUT2D eigenvalue weighted by molar-refractivity contribution is 0.0978. The Morgan fingerprint density at radius 1 is 1.06 bits per heavy atom. The van der Waals surface area contributed by atoms with Crippen molar-refractivity contribution >= 4 is 35.0 Å². The Kier molecular flexibility index (Phi) is 7.26. The van der Waals surface area contributed by atoms with E-state index in [1.54, 1.807) is 59.3 Å². The Morgan fingerprint density at radius 3 is 2.40 bits per heavy atom. The first-order valence-electron chi connectivity index (χ1n) is 11.6. The zero-order chi connectivity index (χ0) is 25.1. The quantitative estimate of drug-likeness (QED) is 0.403. The van der Waals surface area contributed by atoms with Crippen LogP contribution in [0.5, 0.6) is 11.6 Å². The van der Waals surface area contributed by atoms with Crippen LogP contribution >= 0.6 is 11.6 Å². The van der Waals surface area contributed by atoms with E-state index in [-0.39, 0.29) is 24.4 Å². The molecule has 2 aromatic carbocycles. The molecular weight excluding hydrogens is 466 g/mol. The van der Waals surface area contributed by atoms with E-state index in [4.69, 9.17) is 21.1 Å². The number of aryl methyl sites for hydroxylation is 2. The number of hydrogen-bond acceptors (Lipinski definition) is 5. The number of benzene rings is 2. The van der Waals surface area contributed by atoms with Gasteiger partial charge in [0.05, 0.1) is 24.0 Å². The molecule has 0 saturated heterocycles. The van der Waals surface area contributed by atoms with E-state index in [1.165, 1.54) is 0 Å². The second kappa shape index (κ2) is 10.4. The molecule has 0 radical (unpaired) electrons. The minimum Gasteiger partial charge on any atom is -0.449 e. The van der Waals surface area contributed by atoms with Gasteiger partial charge in [0.1, 0.15) is 11.3 Å². The molecule has 2 amide bonds. The van der Waals surface area contributed by atoms with Gasteiger partial charge < -0.3 is 14.4 Å². The van der Waals surface area contributed by atoms with Crippen molar-refractivity contribution in [3.8, 4) is 11.6 Å². The summed E-state index contributed by atoms with van der Waals surface area (Å²) in [5, 5.41) is 0.585. The van der Waals surface area contributed by atoms with Gasteiger partial charge in [-0.1, -0.05) is 18.5 Å². The molecule has 3 aromatic rings. The third kappa shape index (κ3) is 4.95. The molecule has 0 bridgehead atoms. The molecule has 0 saturated carbocycles. The fourth-order valence-electron chi connectivity index (χ4n) is 4.12. The lowest BCUT2D eigenvalue weighted by Gasteiger charge is -2.42. The van der Waals surface area contributed by atoms with Crippen LogP contribution in [0, 0.1) is 13.8 Å². The molecule has 1 aromatic heterocycles. The second-order valence-corrected chi connectivity index (χ2v) is 8.82. The number of aromatic nitrogens is 1. The van der Waals surface area contributed by atoms with Gasteiger partial charge in [-0.2, -0.15) is 0 Å². The molecule has 0 aliphatic carbocycles. The van der Waals surface area contributed by atoms with Crippen LogP contribution in [0.4, 0.5) is 16.2 Å². The van der Waals surface area contributed by atoms with Crippen molar-refractivity contribution in [2.24, 2.45) is 0 Å². The first kappa shape index (κ1) is 24.5. The lowest BCUT2D eigenvalue weighted by Crippen LogP contribution is -2.53. The number of amides is 2. The lowest BCUT2D eigenvalue weighted by atomic mass is 9.99. The maximum Gasteiger partial charge on any atom is 0.414 e. The summed E-state index contributed by atoms with van der Waals surface area (Å²) in [6, 6.07) is 13.9. The highest BCUT2D eigenvalue weighted by Gasteiger charge is 2.38. The van der Waals surface area contributed by atoms with Crippen LogP contribution in [0.2, 0.25) is 5.02 Å². The molecule has 2 heterocycles. The van der Waals surface area contributed by atoms with Gasteiger partial charge in [0.25, 0.3) is 5.91 Å². The number of nitrogens with zero attached hydrogens (tertiary/aromatic N) is 3. The average Bonchev–Trinajstić information content (AvgIpc) is 2.85. The van der Waals surface area contributed by atoms with E-state index in [9.17, 15) is 9.59 Å². The van der Waals surface area contributed by atoms with E-state index >= 15 is 0 Å². The summed E-state index contributed by atoms with van der Waals surface area (Å²) >= 11 is 5.98. The zero-order valence-electron chi connectivity index (χ0n) is 20.2. The Labute approximate surface area is 210 Å². The van der Waals surface area contributed by atoms with Gasteiger partial charge in [-0.05, 0) is 86.8 Å². The molecule has 1 aliphatic heterocycles.